The van der Waals surface area contributed by atoms with Gasteiger partial charge in [0, 0.05) is 0 Å². The van der Waals surface area contributed by atoms with Crippen LogP contribution in [0.15, 0.2) is 42.5 Å². The highest BCUT2D eigenvalue weighted by molar-refractivity contribution is 5.75. The summed E-state index contributed by atoms with van der Waals surface area (Å²) in [5, 5.41) is 8.81. The van der Waals surface area contributed by atoms with Gasteiger partial charge in [-0.05, 0) is 35.4 Å². The number of nitrogens with zero attached hydrogens (tertiary/aromatic N) is 1. The quantitative estimate of drug-likeness (QED) is 0.708. The summed E-state index contributed by atoms with van der Waals surface area (Å²) in [7, 11) is 0. The third kappa shape index (κ3) is 1.82. The Hall–Kier alpha value is -2.47. The second kappa shape index (κ2) is 3.95. The second-order valence-electron chi connectivity index (χ2n) is 3.54. The number of nitrogens with two attached hydrogens (primary N) is 2. The van der Waals surface area contributed by atoms with Gasteiger partial charge in [-0.3, -0.25) is 0 Å². The zero-order valence-electron chi connectivity index (χ0n) is 8.64. The van der Waals surface area contributed by atoms with Gasteiger partial charge in [0.2, 0.25) is 0 Å². The normalized spacial score (nSPS) is 9.69. The standard InChI is InChI=1S/C13H11N3/c14-8-9-2-1-3-10(6-9)11-4-5-12(15)13(16)7-11/h1-7H,15-16H2. The number of hydrogen-bond acceptors (Lipinski definition) is 3. The molecule has 0 saturated heterocycles. The molecule has 78 valence electrons. The summed E-state index contributed by atoms with van der Waals surface area (Å²) in [6.07, 6.45) is 0. The third-order valence-corrected chi connectivity index (χ3v) is 2.41. The summed E-state index contributed by atoms with van der Waals surface area (Å²) < 4.78 is 0. The lowest BCUT2D eigenvalue weighted by Crippen LogP contribution is -1.94. The largest absolute Gasteiger partial charge is 0.397 e. The molecule has 16 heavy (non-hydrogen) atoms. The number of nitrogen functional groups attached to an aromatic ring is 2. The van der Waals surface area contributed by atoms with Crippen molar-refractivity contribution in [1.82, 2.24) is 0 Å². The van der Waals surface area contributed by atoms with Gasteiger partial charge in [-0.15, -0.1) is 0 Å². The Bertz CT molecular complexity index is 568. The van der Waals surface area contributed by atoms with Crippen molar-refractivity contribution in [3.05, 3.63) is 48.0 Å². The Morgan fingerprint density at radius 1 is 0.875 bits per heavy atom. The van der Waals surface area contributed by atoms with Crippen molar-refractivity contribution in [3.63, 3.8) is 0 Å². The molecule has 3 nitrogen and oxygen atoms in total. The molecule has 0 saturated carbocycles. The SMILES string of the molecule is N#Cc1cccc(-c2ccc(N)c(N)c2)c1. The fourth-order valence-corrected chi connectivity index (χ4v) is 1.52. The summed E-state index contributed by atoms with van der Waals surface area (Å²) in [5.74, 6) is 0. The van der Waals surface area contributed by atoms with Crippen LogP contribution in [-0.4, -0.2) is 0 Å². The number of anilines is 2. The average Bonchev–Trinajstić information content (AvgIpc) is 2.33. The van der Waals surface area contributed by atoms with Crippen LogP contribution < -0.4 is 11.5 Å². The number of rotatable bonds is 1. The van der Waals surface area contributed by atoms with Crippen molar-refractivity contribution in [2.45, 2.75) is 0 Å². The van der Waals surface area contributed by atoms with Crippen molar-refractivity contribution in [3.8, 4) is 17.2 Å². The Balaban J connectivity index is 2.51. The highest BCUT2D eigenvalue weighted by Crippen LogP contribution is 2.25. The lowest BCUT2D eigenvalue weighted by Gasteiger charge is -2.05. The summed E-state index contributed by atoms with van der Waals surface area (Å²) in [6, 6.07) is 15.0. The van der Waals surface area contributed by atoms with Crippen molar-refractivity contribution in [1.29, 1.82) is 5.26 Å². The molecule has 0 fully saturated rings. The highest BCUT2D eigenvalue weighted by atomic mass is 14.7. The van der Waals surface area contributed by atoms with Crippen LogP contribution >= 0.6 is 0 Å². The van der Waals surface area contributed by atoms with Crippen molar-refractivity contribution in [2.75, 3.05) is 11.5 Å². The lowest BCUT2D eigenvalue weighted by atomic mass is 10.0. The molecule has 0 radical (unpaired) electrons. The van der Waals surface area contributed by atoms with E-state index in [-0.39, 0.29) is 0 Å². The molecule has 0 aliphatic carbocycles. The van der Waals surface area contributed by atoms with Crippen molar-refractivity contribution < 1.29 is 0 Å². The maximum atomic E-state index is 8.81. The highest BCUT2D eigenvalue weighted by Gasteiger charge is 2.01. The third-order valence-electron chi connectivity index (χ3n) is 2.41. The minimum Gasteiger partial charge on any atom is -0.397 e. The van der Waals surface area contributed by atoms with Crippen LogP contribution in [0, 0.1) is 11.3 Å². The Morgan fingerprint density at radius 2 is 1.62 bits per heavy atom. The van der Waals surface area contributed by atoms with Crippen molar-refractivity contribution in [2.24, 2.45) is 0 Å². The first-order chi connectivity index (χ1) is 7.70. The molecule has 0 aromatic heterocycles. The molecule has 0 unspecified atom stereocenters. The van der Waals surface area contributed by atoms with Crippen LogP contribution in [0.25, 0.3) is 11.1 Å². The molecular formula is C13H11N3. The van der Waals surface area contributed by atoms with E-state index in [0.717, 1.165) is 11.1 Å². The van der Waals surface area contributed by atoms with Crippen molar-refractivity contribution >= 4 is 11.4 Å². The molecular weight excluding hydrogens is 198 g/mol. The van der Waals surface area contributed by atoms with E-state index in [0.29, 0.717) is 16.9 Å². The van der Waals surface area contributed by atoms with E-state index in [9.17, 15) is 0 Å². The molecule has 2 aromatic rings. The number of nitriles is 1. The fraction of sp³-hybridized carbons (Fsp3) is 0. The summed E-state index contributed by atoms with van der Waals surface area (Å²) in [5.41, 5.74) is 15.1. The van der Waals surface area contributed by atoms with Gasteiger partial charge in [0.15, 0.2) is 0 Å². The number of hydrogen-bond donors (Lipinski definition) is 2. The van der Waals surface area contributed by atoms with Gasteiger partial charge in [0.1, 0.15) is 0 Å². The Morgan fingerprint density at radius 3 is 2.31 bits per heavy atom. The molecule has 4 N–H and O–H groups in total. The molecule has 0 heterocycles. The van der Waals surface area contributed by atoms with E-state index in [2.05, 4.69) is 6.07 Å². The van der Waals surface area contributed by atoms with Gasteiger partial charge in [-0.1, -0.05) is 18.2 Å². The average molecular weight is 209 g/mol. The van der Waals surface area contributed by atoms with Gasteiger partial charge in [0.25, 0.3) is 0 Å². The predicted octanol–water partition coefficient (Wildman–Crippen LogP) is 2.39. The topological polar surface area (TPSA) is 75.8 Å². The van der Waals surface area contributed by atoms with E-state index in [1.54, 1.807) is 12.1 Å². The van der Waals surface area contributed by atoms with Crippen LogP contribution in [0.4, 0.5) is 11.4 Å². The molecule has 2 rings (SSSR count). The van der Waals surface area contributed by atoms with Gasteiger partial charge < -0.3 is 11.5 Å². The van der Waals surface area contributed by atoms with E-state index < -0.39 is 0 Å². The summed E-state index contributed by atoms with van der Waals surface area (Å²) in [4.78, 5) is 0. The zero-order valence-corrected chi connectivity index (χ0v) is 8.64. The fourth-order valence-electron chi connectivity index (χ4n) is 1.52. The molecule has 0 atom stereocenters. The first kappa shape index (κ1) is 10.1. The minimum atomic E-state index is 0.555. The maximum absolute atomic E-state index is 8.81. The first-order valence-corrected chi connectivity index (χ1v) is 4.86. The predicted molar refractivity (Wildman–Crippen MR) is 65.4 cm³/mol. The van der Waals surface area contributed by atoms with Gasteiger partial charge in [-0.25, -0.2) is 0 Å². The smallest absolute Gasteiger partial charge is 0.0991 e. The van der Waals surface area contributed by atoms with Crippen LogP contribution in [-0.2, 0) is 0 Å². The van der Waals surface area contributed by atoms with E-state index in [1.165, 1.54) is 0 Å². The molecule has 3 heteroatoms. The summed E-state index contributed by atoms with van der Waals surface area (Å²) >= 11 is 0. The zero-order chi connectivity index (χ0) is 11.5. The van der Waals surface area contributed by atoms with Crippen LogP contribution in [0.3, 0.4) is 0 Å². The Labute approximate surface area is 93.9 Å². The first-order valence-electron chi connectivity index (χ1n) is 4.86. The molecule has 2 aromatic carbocycles. The van der Waals surface area contributed by atoms with Gasteiger partial charge >= 0.3 is 0 Å². The van der Waals surface area contributed by atoms with Gasteiger partial charge in [0.05, 0.1) is 23.0 Å². The Kier molecular flexibility index (Phi) is 2.49. The molecule has 0 aliphatic rings. The minimum absolute atomic E-state index is 0.555. The van der Waals surface area contributed by atoms with Crippen LogP contribution in [0.1, 0.15) is 5.56 Å². The monoisotopic (exact) mass is 209 g/mol. The molecule has 0 aliphatic heterocycles. The van der Waals surface area contributed by atoms with E-state index >= 15 is 0 Å². The summed E-state index contributed by atoms with van der Waals surface area (Å²) in [6.45, 7) is 0. The molecule has 0 bridgehead atoms. The lowest BCUT2D eigenvalue weighted by molar-refractivity contribution is 1.48. The van der Waals surface area contributed by atoms with E-state index in [1.807, 2.05) is 30.3 Å². The van der Waals surface area contributed by atoms with Gasteiger partial charge in [-0.2, -0.15) is 5.26 Å². The second-order valence-corrected chi connectivity index (χ2v) is 3.54. The van der Waals surface area contributed by atoms with Crippen LogP contribution in [0.5, 0.6) is 0 Å². The number of benzene rings is 2. The van der Waals surface area contributed by atoms with Crippen LogP contribution in [0.2, 0.25) is 0 Å². The van der Waals surface area contributed by atoms with E-state index in [4.69, 9.17) is 16.7 Å². The molecule has 0 amide bonds. The molecule has 0 spiro atoms. The maximum Gasteiger partial charge on any atom is 0.0991 e.